The van der Waals surface area contributed by atoms with Crippen molar-refractivity contribution >= 4 is 17.8 Å². The quantitative estimate of drug-likeness (QED) is 0.732. The van der Waals surface area contributed by atoms with Crippen LogP contribution < -0.4 is 14.8 Å². The summed E-state index contributed by atoms with van der Waals surface area (Å²) in [5, 5.41) is 6.08. The van der Waals surface area contributed by atoms with Crippen molar-refractivity contribution in [2.45, 2.75) is 20.8 Å². The van der Waals surface area contributed by atoms with Crippen molar-refractivity contribution in [2.75, 3.05) is 25.1 Å². The van der Waals surface area contributed by atoms with Gasteiger partial charge in [-0.05, 0) is 39.0 Å². The SMILES string of the molecule is CCOc1ccc(C(=O)OCC(=O)Nc2cc(C)no2)cc1OCC. The number of ether oxygens (including phenoxy) is 3. The molecule has 0 saturated carbocycles. The lowest BCUT2D eigenvalue weighted by Gasteiger charge is -2.12. The number of aryl methyl sites for hydroxylation is 1. The van der Waals surface area contributed by atoms with Gasteiger partial charge in [0.2, 0.25) is 5.88 Å². The van der Waals surface area contributed by atoms with Crippen LogP contribution in [0.4, 0.5) is 5.88 Å². The summed E-state index contributed by atoms with van der Waals surface area (Å²) < 4.78 is 20.7. The first-order valence-electron chi connectivity index (χ1n) is 7.83. The molecular formula is C17H20N2O6. The lowest BCUT2D eigenvalue weighted by Crippen LogP contribution is -2.20. The first kappa shape index (κ1) is 18.3. The Morgan fingerprint density at radius 2 is 1.84 bits per heavy atom. The predicted molar refractivity (Wildman–Crippen MR) is 88.9 cm³/mol. The number of rotatable bonds is 8. The number of amides is 1. The van der Waals surface area contributed by atoms with E-state index in [4.69, 9.17) is 18.7 Å². The van der Waals surface area contributed by atoms with E-state index < -0.39 is 18.5 Å². The third kappa shape index (κ3) is 5.23. The number of carbonyl (C=O) groups excluding carboxylic acids is 2. The molecule has 0 radical (unpaired) electrons. The Morgan fingerprint density at radius 1 is 1.12 bits per heavy atom. The van der Waals surface area contributed by atoms with E-state index in [1.807, 2.05) is 13.8 Å². The molecule has 1 amide bonds. The van der Waals surface area contributed by atoms with E-state index in [9.17, 15) is 9.59 Å². The van der Waals surface area contributed by atoms with Gasteiger partial charge in [0.25, 0.3) is 5.91 Å². The van der Waals surface area contributed by atoms with Crippen LogP contribution in [0, 0.1) is 6.92 Å². The van der Waals surface area contributed by atoms with Gasteiger partial charge in [0.1, 0.15) is 0 Å². The van der Waals surface area contributed by atoms with Gasteiger partial charge in [-0.3, -0.25) is 10.1 Å². The minimum absolute atomic E-state index is 0.193. The maximum atomic E-state index is 12.1. The second-order valence-corrected chi connectivity index (χ2v) is 4.98. The van der Waals surface area contributed by atoms with E-state index in [0.29, 0.717) is 30.4 Å². The Hall–Kier alpha value is -3.03. The summed E-state index contributed by atoms with van der Waals surface area (Å²) in [7, 11) is 0. The van der Waals surface area contributed by atoms with Gasteiger partial charge in [-0.2, -0.15) is 0 Å². The molecule has 2 rings (SSSR count). The molecule has 1 N–H and O–H groups in total. The maximum Gasteiger partial charge on any atom is 0.338 e. The van der Waals surface area contributed by atoms with Crippen LogP contribution in [0.1, 0.15) is 29.9 Å². The third-order valence-corrected chi connectivity index (χ3v) is 3.00. The Labute approximate surface area is 145 Å². The van der Waals surface area contributed by atoms with E-state index in [1.54, 1.807) is 25.1 Å². The molecule has 8 nitrogen and oxygen atoms in total. The minimum atomic E-state index is -0.645. The lowest BCUT2D eigenvalue weighted by molar-refractivity contribution is -0.119. The topological polar surface area (TPSA) is 99.9 Å². The van der Waals surface area contributed by atoms with Crippen molar-refractivity contribution in [3.63, 3.8) is 0 Å². The van der Waals surface area contributed by atoms with Crippen LogP contribution in [0.3, 0.4) is 0 Å². The number of hydrogen-bond donors (Lipinski definition) is 1. The number of aromatic nitrogens is 1. The highest BCUT2D eigenvalue weighted by atomic mass is 16.5. The highest BCUT2D eigenvalue weighted by molar-refractivity contribution is 5.95. The molecule has 25 heavy (non-hydrogen) atoms. The molecule has 1 heterocycles. The van der Waals surface area contributed by atoms with E-state index >= 15 is 0 Å². The Balaban J connectivity index is 1.95. The summed E-state index contributed by atoms with van der Waals surface area (Å²) in [6.07, 6.45) is 0. The number of anilines is 1. The van der Waals surface area contributed by atoms with Crippen LogP contribution in [0.2, 0.25) is 0 Å². The normalized spacial score (nSPS) is 10.2. The van der Waals surface area contributed by atoms with Crippen molar-refractivity contribution in [3.05, 3.63) is 35.5 Å². The molecule has 0 spiro atoms. The van der Waals surface area contributed by atoms with Crippen molar-refractivity contribution < 1.29 is 28.3 Å². The lowest BCUT2D eigenvalue weighted by atomic mass is 10.2. The number of carbonyl (C=O) groups is 2. The minimum Gasteiger partial charge on any atom is -0.490 e. The van der Waals surface area contributed by atoms with E-state index in [0.717, 1.165) is 0 Å². The van der Waals surface area contributed by atoms with Gasteiger partial charge in [0.15, 0.2) is 18.1 Å². The molecule has 0 aliphatic rings. The summed E-state index contributed by atoms with van der Waals surface area (Å²) in [5.74, 6) is 0.00587. The summed E-state index contributed by atoms with van der Waals surface area (Å²) in [6.45, 7) is 5.86. The van der Waals surface area contributed by atoms with E-state index in [1.165, 1.54) is 6.07 Å². The van der Waals surface area contributed by atoms with Crippen molar-refractivity contribution in [1.82, 2.24) is 5.16 Å². The molecule has 2 aromatic rings. The van der Waals surface area contributed by atoms with Gasteiger partial charge in [-0.1, -0.05) is 5.16 Å². The van der Waals surface area contributed by atoms with Crippen LogP contribution in [0.5, 0.6) is 11.5 Å². The molecule has 0 fully saturated rings. The molecule has 0 aliphatic carbocycles. The van der Waals surface area contributed by atoms with Crippen LogP contribution in [0.25, 0.3) is 0 Å². The van der Waals surface area contributed by atoms with Crippen LogP contribution >= 0.6 is 0 Å². The van der Waals surface area contributed by atoms with Crippen LogP contribution in [-0.4, -0.2) is 36.9 Å². The first-order chi connectivity index (χ1) is 12.0. The van der Waals surface area contributed by atoms with Crippen molar-refractivity contribution in [1.29, 1.82) is 0 Å². The third-order valence-electron chi connectivity index (χ3n) is 3.00. The maximum absolute atomic E-state index is 12.1. The van der Waals surface area contributed by atoms with Gasteiger partial charge >= 0.3 is 5.97 Å². The molecule has 134 valence electrons. The predicted octanol–water partition coefficient (Wildman–Crippen LogP) is 2.58. The van der Waals surface area contributed by atoms with Gasteiger partial charge in [0, 0.05) is 6.07 Å². The second-order valence-electron chi connectivity index (χ2n) is 4.98. The second kappa shape index (κ2) is 8.72. The smallest absolute Gasteiger partial charge is 0.338 e. The fraction of sp³-hybridized carbons (Fsp3) is 0.353. The zero-order valence-electron chi connectivity index (χ0n) is 14.3. The fourth-order valence-corrected chi connectivity index (χ4v) is 1.99. The number of hydrogen-bond acceptors (Lipinski definition) is 7. The largest absolute Gasteiger partial charge is 0.490 e. The fourth-order valence-electron chi connectivity index (χ4n) is 1.99. The number of nitrogens with one attached hydrogen (secondary N) is 1. The van der Waals surface area contributed by atoms with Crippen LogP contribution in [-0.2, 0) is 9.53 Å². The molecule has 1 aromatic heterocycles. The zero-order chi connectivity index (χ0) is 18.2. The Bertz CT molecular complexity index is 740. The molecule has 8 heteroatoms. The summed E-state index contributed by atoms with van der Waals surface area (Å²) >= 11 is 0. The molecule has 0 aliphatic heterocycles. The highest BCUT2D eigenvalue weighted by Gasteiger charge is 2.15. The first-order valence-corrected chi connectivity index (χ1v) is 7.83. The summed E-state index contributed by atoms with van der Waals surface area (Å²) in [6, 6.07) is 6.26. The molecule has 0 atom stereocenters. The molecule has 0 bridgehead atoms. The molecule has 1 aromatic carbocycles. The number of benzene rings is 1. The van der Waals surface area contributed by atoms with Crippen molar-refractivity contribution in [3.8, 4) is 11.5 Å². The van der Waals surface area contributed by atoms with Crippen LogP contribution in [0.15, 0.2) is 28.8 Å². The van der Waals surface area contributed by atoms with E-state index in [2.05, 4.69) is 10.5 Å². The number of nitrogens with zero attached hydrogens (tertiary/aromatic N) is 1. The number of esters is 1. The summed E-state index contributed by atoms with van der Waals surface area (Å²) in [4.78, 5) is 23.8. The Kier molecular flexibility index (Phi) is 6.39. The monoisotopic (exact) mass is 348 g/mol. The van der Waals surface area contributed by atoms with Crippen molar-refractivity contribution in [2.24, 2.45) is 0 Å². The zero-order valence-corrected chi connectivity index (χ0v) is 14.3. The molecule has 0 unspecified atom stereocenters. The van der Waals surface area contributed by atoms with Gasteiger partial charge < -0.3 is 18.7 Å². The molecular weight excluding hydrogens is 328 g/mol. The van der Waals surface area contributed by atoms with Gasteiger partial charge in [-0.15, -0.1) is 0 Å². The average Bonchev–Trinajstić information content (AvgIpc) is 2.99. The highest BCUT2D eigenvalue weighted by Crippen LogP contribution is 2.28. The average molecular weight is 348 g/mol. The molecule has 0 saturated heterocycles. The van der Waals surface area contributed by atoms with E-state index in [-0.39, 0.29) is 11.4 Å². The summed E-state index contributed by atoms with van der Waals surface area (Å²) in [5.41, 5.74) is 0.889. The Morgan fingerprint density at radius 3 is 2.48 bits per heavy atom. The van der Waals surface area contributed by atoms with Gasteiger partial charge in [-0.25, -0.2) is 4.79 Å². The standard InChI is InChI=1S/C17H20N2O6/c1-4-22-13-7-6-12(9-14(13)23-5-2)17(21)24-10-15(20)18-16-8-11(3)19-25-16/h6-9H,4-5,10H2,1-3H3,(H,18,20). The van der Waals surface area contributed by atoms with Gasteiger partial charge in [0.05, 0.1) is 24.5 Å².